The summed E-state index contributed by atoms with van der Waals surface area (Å²) in [5.74, 6) is -0.873. The van der Waals surface area contributed by atoms with Crippen LogP contribution in [-0.2, 0) is 4.79 Å². The van der Waals surface area contributed by atoms with Crippen LogP contribution in [0.3, 0.4) is 0 Å². The van der Waals surface area contributed by atoms with Gasteiger partial charge in [-0.15, -0.1) is 0 Å². The molecule has 0 spiro atoms. The van der Waals surface area contributed by atoms with Crippen molar-refractivity contribution in [1.82, 2.24) is 10.9 Å². The van der Waals surface area contributed by atoms with Gasteiger partial charge in [0, 0.05) is 24.2 Å². The molecule has 0 aliphatic carbocycles. The van der Waals surface area contributed by atoms with Gasteiger partial charge >= 0.3 is 0 Å². The van der Waals surface area contributed by atoms with E-state index in [1.807, 2.05) is 0 Å². The molecule has 2 aromatic carbocycles. The summed E-state index contributed by atoms with van der Waals surface area (Å²) in [6.45, 7) is 0.693. The monoisotopic (exact) mass is 357 g/mol. The molecule has 0 atom stereocenters. The lowest BCUT2D eigenvalue weighted by atomic mass is 10.2. The zero-order valence-corrected chi connectivity index (χ0v) is 14.0. The van der Waals surface area contributed by atoms with Crippen LogP contribution in [0.15, 0.2) is 48.5 Å². The van der Waals surface area contributed by atoms with E-state index < -0.39 is 11.8 Å². The second kappa shape index (κ2) is 7.36. The Morgan fingerprint density at radius 3 is 2.28 bits per heavy atom. The number of benzene rings is 2. The van der Waals surface area contributed by atoms with Crippen LogP contribution >= 0.6 is 11.6 Å². The molecule has 1 saturated heterocycles. The van der Waals surface area contributed by atoms with Gasteiger partial charge in [0.2, 0.25) is 5.91 Å². The fraction of sp³-hybridized carbons (Fsp3) is 0.167. The fourth-order valence-corrected chi connectivity index (χ4v) is 2.83. The molecule has 1 heterocycles. The first kappa shape index (κ1) is 17.0. The van der Waals surface area contributed by atoms with Gasteiger partial charge in [-0.1, -0.05) is 23.7 Å². The number of amides is 3. The quantitative estimate of drug-likeness (QED) is 0.828. The summed E-state index contributed by atoms with van der Waals surface area (Å²) in [6, 6.07) is 13.2. The van der Waals surface area contributed by atoms with Gasteiger partial charge in [-0.3, -0.25) is 25.2 Å². The minimum absolute atomic E-state index is 0.0872. The highest BCUT2D eigenvalue weighted by molar-refractivity contribution is 6.33. The van der Waals surface area contributed by atoms with E-state index in [9.17, 15) is 14.4 Å². The summed E-state index contributed by atoms with van der Waals surface area (Å²) >= 11 is 5.94. The minimum Gasteiger partial charge on any atom is -0.312 e. The Hall–Kier alpha value is -2.86. The molecule has 0 aromatic heterocycles. The van der Waals surface area contributed by atoms with Crippen molar-refractivity contribution < 1.29 is 14.4 Å². The van der Waals surface area contributed by atoms with Gasteiger partial charge < -0.3 is 4.90 Å². The van der Waals surface area contributed by atoms with Crippen LogP contribution in [0.2, 0.25) is 5.02 Å². The molecule has 1 fully saturated rings. The van der Waals surface area contributed by atoms with Gasteiger partial charge in [0.15, 0.2) is 0 Å². The summed E-state index contributed by atoms with van der Waals surface area (Å²) < 4.78 is 0. The van der Waals surface area contributed by atoms with Crippen molar-refractivity contribution in [2.24, 2.45) is 0 Å². The van der Waals surface area contributed by atoms with E-state index in [0.29, 0.717) is 23.6 Å². The van der Waals surface area contributed by atoms with Crippen LogP contribution in [0.4, 0.5) is 5.69 Å². The number of hydrazine groups is 1. The smallest absolute Gasteiger partial charge is 0.271 e. The first-order chi connectivity index (χ1) is 12.1. The molecule has 3 amide bonds. The molecule has 2 N–H and O–H groups in total. The molecule has 25 heavy (non-hydrogen) atoms. The Bertz CT molecular complexity index is 821. The van der Waals surface area contributed by atoms with Crippen LogP contribution in [0.25, 0.3) is 0 Å². The maximum Gasteiger partial charge on any atom is 0.271 e. The van der Waals surface area contributed by atoms with E-state index in [2.05, 4.69) is 10.9 Å². The highest BCUT2D eigenvalue weighted by atomic mass is 35.5. The zero-order chi connectivity index (χ0) is 17.8. The number of carbonyl (C=O) groups excluding carboxylic acids is 3. The van der Waals surface area contributed by atoms with Crippen molar-refractivity contribution in [2.75, 3.05) is 11.4 Å². The lowest BCUT2D eigenvalue weighted by Crippen LogP contribution is -2.41. The Kier molecular flexibility index (Phi) is 5.00. The third-order valence-electron chi connectivity index (χ3n) is 3.92. The predicted molar refractivity (Wildman–Crippen MR) is 94.4 cm³/mol. The number of anilines is 1. The summed E-state index contributed by atoms with van der Waals surface area (Å²) in [4.78, 5) is 37.6. The molecule has 2 aromatic rings. The number of hydrogen-bond acceptors (Lipinski definition) is 3. The molecule has 1 aliphatic heterocycles. The van der Waals surface area contributed by atoms with E-state index in [4.69, 9.17) is 11.6 Å². The van der Waals surface area contributed by atoms with E-state index in [1.165, 1.54) is 0 Å². The topological polar surface area (TPSA) is 78.5 Å². The SMILES string of the molecule is O=C(NNC(=O)c1ccccc1Cl)c1ccc(N2CCCC2=O)cc1. The molecular weight excluding hydrogens is 342 g/mol. The molecule has 128 valence electrons. The Morgan fingerprint density at radius 2 is 1.64 bits per heavy atom. The number of hydrogen-bond donors (Lipinski definition) is 2. The molecule has 0 radical (unpaired) electrons. The molecule has 6 nitrogen and oxygen atoms in total. The highest BCUT2D eigenvalue weighted by Gasteiger charge is 2.21. The van der Waals surface area contributed by atoms with Gasteiger partial charge in [-0.2, -0.15) is 0 Å². The van der Waals surface area contributed by atoms with E-state index in [0.717, 1.165) is 12.1 Å². The van der Waals surface area contributed by atoms with E-state index in [-0.39, 0.29) is 11.5 Å². The summed E-state index contributed by atoms with van der Waals surface area (Å²) in [6.07, 6.45) is 1.39. The van der Waals surface area contributed by atoms with Crippen LogP contribution in [-0.4, -0.2) is 24.3 Å². The molecule has 0 saturated carbocycles. The average molecular weight is 358 g/mol. The van der Waals surface area contributed by atoms with Gasteiger partial charge in [0.05, 0.1) is 10.6 Å². The summed E-state index contributed by atoms with van der Waals surface area (Å²) in [5, 5.41) is 0.300. The minimum atomic E-state index is -0.502. The fourth-order valence-electron chi connectivity index (χ4n) is 2.61. The number of rotatable bonds is 3. The van der Waals surface area contributed by atoms with Gasteiger partial charge in [0.1, 0.15) is 0 Å². The third-order valence-corrected chi connectivity index (χ3v) is 4.25. The van der Waals surface area contributed by atoms with Gasteiger partial charge in [-0.25, -0.2) is 0 Å². The maximum atomic E-state index is 12.1. The molecule has 0 bridgehead atoms. The van der Waals surface area contributed by atoms with E-state index >= 15 is 0 Å². The number of nitrogens with one attached hydrogen (secondary N) is 2. The van der Waals surface area contributed by atoms with Crippen molar-refractivity contribution in [1.29, 1.82) is 0 Å². The zero-order valence-electron chi connectivity index (χ0n) is 13.3. The lowest BCUT2D eigenvalue weighted by Gasteiger charge is -2.16. The van der Waals surface area contributed by atoms with Gasteiger partial charge in [-0.05, 0) is 42.8 Å². The first-order valence-corrected chi connectivity index (χ1v) is 8.20. The second-order valence-corrected chi connectivity index (χ2v) is 5.99. The normalized spacial score (nSPS) is 13.6. The molecule has 7 heteroatoms. The van der Waals surface area contributed by atoms with E-state index in [1.54, 1.807) is 53.4 Å². The molecule has 3 rings (SSSR count). The number of halogens is 1. The maximum absolute atomic E-state index is 12.1. The molecular formula is C18H16ClN3O3. The van der Waals surface area contributed by atoms with Crippen LogP contribution in [0.1, 0.15) is 33.6 Å². The largest absolute Gasteiger partial charge is 0.312 e. The van der Waals surface area contributed by atoms with Crippen molar-refractivity contribution in [3.63, 3.8) is 0 Å². The number of nitrogens with zero attached hydrogens (tertiary/aromatic N) is 1. The van der Waals surface area contributed by atoms with Crippen molar-refractivity contribution in [2.45, 2.75) is 12.8 Å². The Morgan fingerprint density at radius 1 is 0.960 bits per heavy atom. The molecule has 0 unspecified atom stereocenters. The molecule has 1 aliphatic rings. The summed E-state index contributed by atoms with van der Waals surface area (Å²) in [5.41, 5.74) is 6.08. The predicted octanol–water partition coefficient (Wildman–Crippen LogP) is 2.54. The van der Waals surface area contributed by atoms with Crippen LogP contribution in [0.5, 0.6) is 0 Å². The Labute approximate surface area is 149 Å². The first-order valence-electron chi connectivity index (χ1n) is 7.82. The Balaban J connectivity index is 1.61. The van der Waals surface area contributed by atoms with Crippen molar-refractivity contribution >= 4 is 35.0 Å². The highest BCUT2D eigenvalue weighted by Crippen LogP contribution is 2.21. The third kappa shape index (κ3) is 3.80. The average Bonchev–Trinajstić information content (AvgIpc) is 3.06. The second-order valence-electron chi connectivity index (χ2n) is 5.58. The van der Waals surface area contributed by atoms with Gasteiger partial charge in [0.25, 0.3) is 11.8 Å². The van der Waals surface area contributed by atoms with Crippen molar-refractivity contribution in [3.05, 3.63) is 64.7 Å². The van der Waals surface area contributed by atoms with Crippen molar-refractivity contribution in [3.8, 4) is 0 Å². The lowest BCUT2D eigenvalue weighted by molar-refractivity contribution is -0.117. The summed E-state index contributed by atoms with van der Waals surface area (Å²) in [7, 11) is 0. The van der Waals surface area contributed by atoms with Crippen LogP contribution < -0.4 is 15.8 Å². The number of carbonyl (C=O) groups is 3. The van der Waals surface area contributed by atoms with Crippen LogP contribution in [0, 0.1) is 0 Å². The standard InChI is InChI=1S/C18H16ClN3O3/c19-15-5-2-1-4-14(15)18(25)21-20-17(24)12-7-9-13(10-8-12)22-11-3-6-16(22)23/h1-2,4-5,7-10H,3,6,11H2,(H,20,24)(H,21,25).